The van der Waals surface area contributed by atoms with Crippen LogP contribution in [-0.4, -0.2) is 0 Å². The summed E-state index contributed by atoms with van der Waals surface area (Å²) < 4.78 is 15.1. The molecule has 0 aliphatic rings. The predicted molar refractivity (Wildman–Crippen MR) is 87.0 cm³/mol. The van der Waals surface area contributed by atoms with Gasteiger partial charge in [0.25, 0.3) is 0 Å². The molecule has 0 aromatic heterocycles. The number of rotatable bonds is 4. The Morgan fingerprint density at radius 1 is 1.26 bits per heavy atom. The Kier molecular flexibility index (Phi) is 5.32. The normalized spacial score (nSPS) is 12.4. The number of halogens is 3. The lowest BCUT2D eigenvalue weighted by Gasteiger charge is -2.18. The second kappa shape index (κ2) is 6.78. The van der Waals surface area contributed by atoms with E-state index in [0.29, 0.717) is 0 Å². The third kappa shape index (κ3) is 3.75. The average Bonchev–Trinajstić information content (AvgIpc) is 2.39. The molecule has 5 heteroatoms. The Morgan fingerprint density at radius 2 is 2.00 bits per heavy atom. The predicted octanol–water partition coefficient (Wildman–Crippen LogP) is 3.94. The highest BCUT2D eigenvalue weighted by Crippen LogP contribution is 2.26. The SMILES string of the molecule is NNC(Cc1ccccc1Br)c1ccc(F)cc1I. The molecule has 2 aromatic rings. The molecule has 0 amide bonds. The van der Waals surface area contributed by atoms with Gasteiger partial charge < -0.3 is 0 Å². The Bertz CT molecular complexity index is 577. The van der Waals surface area contributed by atoms with E-state index in [1.807, 2.05) is 24.3 Å². The minimum absolute atomic E-state index is 0.0498. The minimum Gasteiger partial charge on any atom is -0.271 e. The Balaban J connectivity index is 2.28. The number of nitrogens with one attached hydrogen (secondary N) is 1. The fourth-order valence-electron chi connectivity index (χ4n) is 1.93. The molecule has 2 rings (SSSR count). The van der Waals surface area contributed by atoms with Crippen LogP contribution >= 0.6 is 38.5 Å². The lowest BCUT2D eigenvalue weighted by atomic mass is 9.99. The van der Waals surface area contributed by atoms with E-state index in [-0.39, 0.29) is 11.9 Å². The van der Waals surface area contributed by atoms with E-state index < -0.39 is 0 Å². The molecule has 100 valence electrons. The second-order valence-corrected chi connectivity index (χ2v) is 6.20. The lowest BCUT2D eigenvalue weighted by Crippen LogP contribution is -2.30. The summed E-state index contributed by atoms with van der Waals surface area (Å²) in [4.78, 5) is 0. The molecule has 19 heavy (non-hydrogen) atoms. The first-order valence-corrected chi connectivity index (χ1v) is 7.63. The summed E-state index contributed by atoms with van der Waals surface area (Å²) in [6.45, 7) is 0. The van der Waals surface area contributed by atoms with Gasteiger partial charge in [0.1, 0.15) is 5.82 Å². The van der Waals surface area contributed by atoms with Crippen LogP contribution in [0, 0.1) is 9.39 Å². The first-order chi connectivity index (χ1) is 9.11. The summed E-state index contributed by atoms with van der Waals surface area (Å²) >= 11 is 5.65. The van der Waals surface area contributed by atoms with E-state index in [2.05, 4.69) is 43.9 Å². The number of hydrazine groups is 1. The van der Waals surface area contributed by atoms with Gasteiger partial charge in [-0.1, -0.05) is 40.2 Å². The zero-order chi connectivity index (χ0) is 13.8. The van der Waals surface area contributed by atoms with Crippen molar-refractivity contribution in [1.29, 1.82) is 0 Å². The molecule has 0 saturated heterocycles. The van der Waals surface area contributed by atoms with Crippen LogP contribution in [0.15, 0.2) is 46.9 Å². The highest BCUT2D eigenvalue weighted by Gasteiger charge is 2.15. The van der Waals surface area contributed by atoms with Gasteiger partial charge in [0.2, 0.25) is 0 Å². The Hall–Kier alpha value is -0.500. The van der Waals surface area contributed by atoms with Gasteiger partial charge in [0, 0.05) is 8.04 Å². The van der Waals surface area contributed by atoms with Crippen molar-refractivity contribution in [2.24, 2.45) is 5.84 Å². The lowest BCUT2D eigenvalue weighted by molar-refractivity contribution is 0.546. The molecular formula is C14H13BrFIN2. The van der Waals surface area contributed by atoms with E-state index in [1.165, 1.54) is 12.1 Å². The van der Waals surface area contributed by atoms with Gasteiger partial charge in [0.05, 0.1) is 6.04 Å². The van der Waals surface area contributed by atoms with Crippen molar-refractivity contribution < 1.29 is 4.39 Å². The fourth-order valence-corrected chi connectivity index (χ4v) is 3.23. The molecule has 0 aliphatic heterocycles. The summed E-state index contributed by atoms with van der Waals surface area (Å²) in [5.74, 6) is 5.42. The Morgan fingerprint density at radius 3 is 2.63 bits per heavy atom. The quantitative estimate of drug-likeness (QED) is 0.434. The van der Waals surface area contributed by atoms with Gasteiger partial charge in [-0.25, -0.2) is 4.39 Å². The van der Waals surface area contributed by atoms with Gasteiger partial charge in [-0.3, -0.25) is 11.3 Å². The molecular weight excluding hydrogens is 422 g/mol. The van der Waals surface area contributed by atoms with E-state index in [0.717, 1.165) is 25.6 Å². The molecule has 0 fully saturated rings. The summed E-state index contributed by atoms with van der Waals surface area (Å²) in [6.07, 6.45) is 0.736. The molecule has 0 spiro atoms. The number of hydrogen-bond acceptors (Lipinski definition) is 2. The van der Waals surface area contributed by atoms with Crippen LogP contribution in [0.5, 0.6) is 0 Å². The smallest absolute Gasteiger partial charge is 0.124 e. The van der Waals surface area contributed by atoms with Crippen molar-refractivity contribution in [1.82, 2.24) is 5.43 Å². The van der Waals surface area contributed by atoms with Crippen LogP contribution in [0.3, 0.4) is 0 Å². The molecule has 0 radical (unpaired) electrons. The van der Waals surface area contributed by atoms with Crippen molar-refractivity contribution in [3.05, 3.63) is 67.5 Å². The third-order valence-electron chi connectivity index (χ3n) is 2.92. The van der Waals surface area contributed by atoms with Gasteiger partial charge in [-0.2, -0.15) is 0 Å². The van der Waals surface area contributed by atoms with Crippen LogP contribution in [-0.2, 0) is 6.42 Å². The summed E-state index contributed by atoms with van der Waals surface area (Å²) in [6, 6.07) is 12.7. The van der Waals surface area contributed by atoms with Crippen LogP contribution in [0.25, 0.3) is 0 Å². The number of hydrogen-bond donors (Lipinski definition) is 2. The summed E-state index contributed by atoms with van der Waals surface area (Å²) in [5.41, 5.74) is 4.96. The fraction of sp³-hybridized carbons (Fsp3) is 0.143. The topological polar surface area (TPSA) is 38.0 Å². The van der Waals surface area contributed by atoms with Crippen LogP contribution in [0.2, 0.25) is 0 Å². The highest BCUT2D eigenvalue weighted by molar-refractivity contribution is 14.1. The maximum Gasteiger partial charge on any atom is 0.124 e. The molecule has 2 nitrogen and oxygen atoms in total. The van der Waals surface area contributed by atoms with Crippen molar-refractivity contribution >= 4 is 38.5 Å². The first kappa shape index (κ1) is 14.9. The molecule has 0 saturated carbocycles. The standard InChI is InChI=1S/C14H13BrFIN2/c15-12-4-2-1-3-9(12)7-14(19-18)11-6-5-10(16)8-13(11)17/h1-6,8,14,19H,7,18H2. The maximum absolute atomic E-state index is 13.1. The van der Waals surface area contributed by atoms with Gasteiger partial charge >= 0.3 is 0 Å². The molecule has 1 atom stereocenters. The molecule has 0 bridgehead atoms. The van der Waals surface area contributed by atoms with E-state index in [9.17, 15) is 4.39 Å². The largest absolute Gasteiger partial charge is 0.271 e. The van der Waals surface area contributed by atoms with E-state index in [4.69, 9.17) is 5.84 Å². The van der Waals surface area contributed by atoms with Crippen molar-refractivity contribution in [3.8, 4) is 0 Å². The average molecular weight is 435 g/mol. The van der Waals surface area contributed by atoms with E-state index in [1.54, 1.807) is 6.07 Å². The van der Waals surface area contributed by atoms with Crippen LogP contribution in [0.4, 0.5) is 4.39 Å². The number of benzene rings is 2. The molecule has 0 aliphatic carbocycles. The summed E-state index contributed by atoms with van der Waals surface area (Å²) in [5, 5.41) is 0. The van der Waals surface area contributed by atoms with Crippen molar-refractivity contribution in [2.45, 2.75) is 12.5 Å². The van der Waals surface area contributed by atoms with Crippen molar-refractivity contribution in [3.63, 3.8) is 0 Å². The Labute approximate surface area is 133 Å². The second-order valence-electron chi connectivity index (χ2n) is 4.18. The zero-order valence-corrected chi connectivity index (χ0v) is 13.8. The van der Waals surface area contributed by atoms with Gasteiger partial charge in [-0.15, -0.1) is 0 Å². The van der Waals surface area contributed by atoms with Crippen molar-refractivity contribution in [2.75, 3.05) is 0 Å². The first-order valence-electron chi connectivity index (χ1n) is 5.76. The molecule has 3 N–H and O–H groups in total. The molecule has 1 unspecified atom stereocenters. The van der Waals surface area contributed by atoms with Crippen LogP contribution < -0.4 is 11.3 Å². The minimum atomic E-state index is -0.232. The number of nitrogens with two attached hydrogens (primary N) is 1. The third-order valence-corrected chi connectivity index (χ3v) is 4.63. The molecule has 0 heterocycles. The highest BCUT2D eigenvalue weighted by atomic mass is 127. The van der Waals surface area contributed by atoms with Gasteiger partial charge in [0.15, 0.2) is 0 Å². The van der Waals surface area contributed by atoms with Gasteiger partial charge in [-0.05, 0) is 58.3 Å². The van der Waals surface area contributed by atoms with Crippen LogP contribution in [0.1, 0.15) is 17.2 Å². The molecule has 2 aromatic carbocycles. The monoisotopic (exact) mass is 434 g/mol. The van der Waals surface area contributed by atoms with E-state index >= 15 is 0 Å². The summed E-state index contributed by atoms with van der Waals surface area (Å²) in [7, 11) is 0. The maximum atomic E-state index is 13.1. The zero-order valence-electron chi connectivity index (χ0n) is 10.0.